The van der Waals surface area contributed by atoms with Crippen molar-refractivity contribution in [2.24, 2.45) is 0 Å². The van der Waals surface area contributed by atoms with Crippen LogP contribution in [0.2, 0.25) is 0 Å². The van der Waals surface area contributed by atoms with Crippen LogP contribution < -0.4 is 0 Å². The van der Waals surface area contributed by atoms with Crippen molar-refractivity contribution in [3.05, 3.63) is 42.0 Å². The van der Waals surface area contributed by atoms with Crippen molar-refractivity contribution in [3.8, 4) is 0 Å². The summed E-state index contributed by atoms with van der Waals surface area (Å²) >= 11 is 0. The lowest BCUT2D eigenvalue weighted by atomic mass is 10.2. The zero-order valence-corrected chi connectivity index (χ0v) is 7.07. The van der Waals surface area contributed by atoms with Crippen molar-refractivity contribution in [2.45, 2.75) is 6.42 Å². The zero-order chi connectivity index (χ0) is 9.52. The third-order valence-electron chi connectivity index (χ3n) is 1.51. The minimum Gasteiger partial charge on any atom is -0.294 e. The SMILES string of the molecule is O=[C]CC(=O)/C=C/c1ccccc1. The summed E-state index contributed by atoms with van der Waals surface area (Å²) in [6.45, 7) is 0. The first-order valence-electron chi connectivity index (χ1n) is 3.94. The Morgan fingerprint density at radius 3 is 2.62 bits per heavy atom. The van der Waals surface area contributed by atoms with Gasteiger partial charge in [0.1, 0.15) is 0 Å². The molecular weight excluding hydrogens is 164 g/mol. The first-order chi connectivity index (χ1) is 6.33. The Labute approximate surface area is 76.9 Å². The fourth-order valence-electron chi connectivity index (χ4n) is 0.883. The van der Waals surface area contributed by atoms with Gasteiger partial charge in [-0.15, -0.1) is 0 Å². The molecule has 0 aliphatic heterocycles. The first kappa shape index (κ1) is 9.39. The number of hydrogen-bond donors (Lipinski definition) is 0. The van der Waals surface area contributed by atoms with Gasteiger partial charge in [0.15, 0.2) is 5.78 Å². The number of hydrogen-bond acceptors (Lipinski definition) is 2. The van der Waals surface area contributed by atoms with Crippen LogP contribution in [0.4, 0.5) is 0 Å². The van der Waals surface area contributed by atoms with E-state index < -0.39 is 0 Å². The molecule has 0 aromatic heterocycles. The van der Waals surface area contributed by atoms with E-state index in [1.165, 1.54) is 6.08 Å². The number of rotatable bonds is 4. The summed E-state index contributed by atoms with van der Waals surface area (Å²) < 4.78 is 0. The van der Waals surface area contributed by atoms with E-state index in [2.05, 4.69) is 0 Å². The number of benzene rings is 1. The minimum atomic E-state index is -0.223. The summed E-state index contributed by atoms with van der Waals surface area (Å²) in [6.07, 6.45) is 4.46. The standard InChI is InChI=1S/C11H9O2/c12-9-8-11(13)7-6-10-4-2-1-3-5-10/h1-7H,8H2/b7-6+. The maximum atomic E-state index is 10.9. The van der Waals surface area contributed by atoms with Crippen LogP contribution in [0, 0.1) is 0 Å². The topological polar surface area (TPSA) is 34.1 Å². The van der Waals surface area contributed by atoms with Crippen LogP contribution in [0.1, 0.15) is 12.0 Å². The molecule has 0 bridgehead atoms. The summed E-state index contributed by atoms with van der Waals surface area (Å²) in [4.78, 5) is 20.7. The molecule has 65 valence electrons. The molecule has 0 spiro atoms. The van der Waals surface area contributed by atoms with Gasteiger partial charge in [0, 0.05) is 0 Å². The smallest absolute Gasteiger partial charge is 0.206 e. The Hall–Kier alpha value is -1.70. The van der Waals surface area contributed by atoms with Gasteiger partial charge in [-0.1, -0.05) is 36.4 Å². The van der Waals surface area contributed by atoms with Gasteiger partial charge in [-0.25, -0.2) is 0 Å². The number of ketones is 1. The third-order valence-corrected chi connectivity index (χ3v) is 1.51. The normalized spacial score (nSPS) is 10.2. The Morgan fingerprint density at radius 2 is 2.00 bits per heavy atom. The highest BCUT2D eigenvalue weighted by atomic mass is 16.1. The lowest BCUT2D eigenvalue weighted by Gasteiger charge is -1.89. The summed E-state index contributed by atoms with van der Waals surface area (Å²) in [5, 5.41) is 0. The monoisotopic (exact) mass is 173 g/mol. The van der Waals surface area contributed by atoms with Crippen molar-refractivity contribution < 1.29 is 9.59 Å². The molecule has 0 heterocycles. The van der Waals surface area contributed by atoms with E-state index in [4.69, 9.17) is 0 Å². The highest BCUT2D eigenvalue weighted by Gasteiger charge is 1.93. The molecule has 0 aliphatic rings. The Bertz CT molecular complexity index is 312. The van der Waals surface area contributed by atoms with Gasteiger partial charge in [-0.3, -0.25) is 9.59 Å². The molecule has 2 nitrogen and oxygen atoms in total. The average Bonchev–Trinajstić information content (AvgIpc) is 2.17. The summed E-state index contributed by atoms with van der Waals surface area (Å²) in [5.41, 5.74) is 0.946. The van der Waals surface area contributed by atoms with E-state index in [-0.39, 0.29) is 12.2 Å². The second-order valence-electron chi connectivity index (χ2n) is 2.53. The molecular formula is C11H9O2. The maximum Gasteiger partial charge on any atom is 0.206 e. The van der Waals surface area contributed by atoms with Gasteiger partial charge in [-0.2, -0.15) is 0 Å². The van der Waals surface area contributed by atoms with Crippen LogP contribution in [-0.2, 0) is 9.59 Å². The quantitative estimate of drug-likeness (QED) is 0.513. The first-order valence-corrected chi connectivity index (χ1v) is 3.94. The van der Waals surface area contributed by atoms with Gasteiger partial charge >= 0.3 is 0 Å². The van der Waals surface area contributed by atoms with E-state index in [0.29, 0.717) is 0 Å². The number of carbonyl (C=O) groups excluding carboxylic acids is 2. The molecule has 2 heteroatoms. The molecule has 1 radical (unpaired) electrons. The van der Waals surface area contributed by atoms with Gasteiger partial charge in [0.05, 0.1) is 6.42 Å². The van der Waals surface area contributed by atoms with E-state index in [9.17, 15) is 9.59 Å². The van der Waals surface area contributed by atoms with Gasteiger partial charge in [0.25, 0.3) is 0 Å². The molecule has 0 aliphatic carbocycles. The largest absolute Gasteiger partial charge is 0.294 e. The van der Waals surface area contributed by atoms with E-state index >= 15 is 0 Å². The molecule has 0 fully saturated rings. The molecule has 0 saturated heterocycles. The lowest BCUT2D eigenvalue weighted by molar-refractivity contribution is -0.113. The Balaban J connectivity index is 2.58. The predicted octanol–water partition coefficient (Wildman–Crippen LogP) is 1.77. The van der Waals surface area contributed by atoms with E-state index in [1.807, 2.05) is 30.3 Å². The van der Waals surface area contributed by atoms with Crippen LogP contribution in [0.5, 0.6) is 0 Å². The fraction of sp³-hybridized carbons (Fsp3) is 0.0909. The van der Waals surface area contributed by atoms with E-state index in [0.717, 1.165) is 5.56 Å². The third kappa shape index (κ3) is 3.47. The second kappa shape index (κ2) is 5.04. The summed E-state index contributed by atoms with van der Waals surface area (Å²) in [5.74, 6) is -0.223. The highest BCUT2D eigenvalue weighted by Crippen LogP contribution is 2.00. The predicted molar refractivity (Wildman–Crippen MR) is 50.8 cm³/mol. The van der Waals surface area contributed by atoms with Gasteiger partial charge in [-0.05, 0) is 11.6 Å². The van der Waals surface area contributed by atoms with Crippen molar-refractivity contribution in [1.29, 1.82) is 0 Å². The van der Waals surface area contributed by atoms with Crippen LogP contribution in [0.15, 0.2) is 36.4 Å². The molecule has 0 unspecified atom stereocenters. The zero-order valence-electron chi connectivity index (χ0n) is 7.07. The summed E-state index contributed by atoms with van der Waals surface area (Å²) in [7, 11) is 0. The Kier molecular flexibility index (Phi) is 3.64. The Morgan fingerprint density at radius 1 is 1.31 bits per heavy atom. The molecule has 1 aromatic carbocycles. The van der Waals surface area contributed by atoms with Crippen LogP contribution >= 0.6 is 0 Å². The van der Waals surface area contributed by atoms with Crippen molar-refractivity contribution >= 4 is 18.1 Å². The fourth-order valence-corrected chi connectivity index (χ4v) is 0.883. The van der Waals surface area contributed by atoms with Crippen molar-refractivity contribution in [1.82, 2.24) is 0 Å². The van der Waals surface area contributed by atoms with Crippen LogP contribution in [-0.4, -0.2) is 12.1 Å². The molecule has 0 N–H and O–H groups in total. The molecule has 0 saturated carbocycles. The van der Waals surface area contributed by atoms with Crippen molar-refractivity contribution in [2.75, 3.05) is 0 Å². The van der Waals surface area contributed by atoms with Gasteiger partial charge < -0.3 is 0 Å². The molecule has 0 amide bonds. The lowest BCUT2D eigenvalue weighted by Crippen LogP contribution is -1.91. The summed E-state index contributed by atoms with van der Waals surface area (Å²) in [6, 6.07) is 9.44. The highest BCUT2D eigenvalue weighted by molar-refractivity contribution is 6.00. The molecule has 1 rings (SSSR count). The number of carbonyl (C=O) groups is 1. The van der Waals surface area contributed by atoms with Crippen LogP contribution in [0.25, 0.3) is 6.08 Å². The molecule has 1 aromatic rings. The molecule has 0 atom stereocenters. The molecule has 13 heavy (non-hydrogen) atoms. The number of allylic oxidation sites excluding steroid dienone is 1. The maximum absolute atomic E-state index is 10.9. The van der Waals surface area contributed by atoms with Gasteiger partial charge in [0.2, 0.25) is 6.29 Å². The van der Waals surface area contributed by atoms with Crippen molar-refractivity contribution in [3.63, 3.8) is 0 Å². The second-order valence-corrected chi connectivity index (χ2v) is 2.53. The minimum absolute atomic E-state index is 0.163. The average molecular weight is 173 g/mol. The van der Waals surface area contributed by atoms with E-state index in [1.54, 1.807) is 12.4 Å². The van der Waals surface area contributed by atoms with Crippen LogP contribution in [0.3, 0.4) is 0 Å².